The van der Waals surface area contributed by atoms with E-state index in [1.54, 1.807) is 49.6 Å². The summed E-state index contributed by atoms with van der Waals surface area (Å²) >= 11 is 0. The first kappa shape index (κ1) is 17.6. The Hall–Kier alpha value is -2.77. The second kappa shape index (κ2) is 6.75. The topological polar surface area (TPSA) is 76.1 Å². The highest BCUT2D eigenvalue weighted by atomic mass is 32.2. The van der Waals surface area contributed by atoms with Crippen molar-refractivity contribution in [1.82, 2.24) is 0 Å². The van der Waals surface area contributed by atoms with E-state index in [2.05, 4.69) is 0 Å². The lowest BCUT2D eigenvalue weighted by Crippen LogP contribution is -2.37. The number of ether oxygens (including phenoxy) is 2. The molecule has 0 radical (unpaired) electrons. The van der Waals surface area contributed by atoms with E-state index in [0.29, 0.717) is 22.6 Å². The monoisotopic (exact) mass is 385 g/mol. The number of nitrogens with zero attached hydrogens (tertiary/aromatic N) is 1. The van der Waals surface area contributed by atoms with Crippen molar-refractivity contribution in [1.29, 1.82) is 0 Å². The molecule has 3 aromatic rings. The molecule has 0 amide bonds. The molecule has 0 aromatic heterocycles. The van der Waals surface area contributed by atoms with Crippen LogP contribution in [0, 0.1) is 0 Å². The van der Waals surface area contributed by atoms with Gasteiger partial charge >= 0.3 is 0 Å². The summed E-state index contributed by atoms with van der Waals surface area (Å²) in [6.45, 7) is -0.100. The van der Waals surface area contributed by atoms with Crippen LogP contribution < -0.4 is 13.8 Å². The fraction of sp³-hybridized carbons (Fsp3) is 0.200. The molecule has 0 unspecified atom stereocenters. The molecule has 4 rings (SSSR count). The molecule has 0 spiro atoms. The molecule has 6 nitrogen and oxygen atoms in total. The van der Waals surface area contributed by atoms with E-state index in [0.717, 1.165) is 5.39 Å². The van der Waals surface area contributed by atoms with Crippen LogP contribution in [0.1, 0.15) is 0 Å². The van der Waals surface area contributed by atoms with Crippen LogP contribution in [0.4, 0.5) is 5.69 Å². The zero-order valence-electron chi connectivity index (χ0n) is 14.7. The average Bonchev–Trinajstić information content (AvgIpc) is 2.90. The standard InChI is InChI=1S/C20H19NO5S/c1-25-16-8-10-17(11-9-16)26-13-15(22)12-21-18-6-2-4-14-5-3-7-19(20(14)18)27(21,23)24/h2-11,15,22H,12-13H2,1H3/t15-/m1/s1. The van der Waals surface area contributed by atoms with E-state index in [1.165, 1.54) is 4.31 Å². The van der Waals surface area contributed by atoms with Crippen molar-refractivity contribution < 1.29 is 23.0 Å². The van der Waals surface area contributed by atoms with Gasteiger partial charge in [0.15, 0.2) is 0 Å². The SMILES string of the molecule is COc1ccc(OC[C@H](O)CN2c3cccc4cccc(c34)S2(=O)=O)cc1. The lowest BCUT2D eigenvalue weighted by atomic mass is 10.1. The van der Waals surface area contributed by atoms with Crippen LogP contribution in [-0.2, 0) is 10.0 Å². The smallest absolute Gasteiger partial charge is 0.265 e. The number of sulfonamides is 1. The number of benzene rings is 3. The maximum Gasteiger partial charge on any atom is 0.265 e. The van der Waals surface area contributed by atoms with Crippen molar-refractivity contribution in [3.8, 4) is 11.5 Å². The third kappa shape index (κ3) is 3.09. The molecule has 140 valence electrons. The van der Waals surface area contributed by atoms with E-state index in [9.17, 15) is 13.5 Å². The summed E-state index contributed by atoms with van der Waals surface area (Å²) in [6, 6.07) is 17.6. The molecule has 0 saturated carbocycles. The lowest BCUT2D eigenvalue weighted by Gasteiger charge is -2.22. The summed E-state index contributed by atoms with van der Waals surface area (Å²) in [5, 5.41) is 11.9. The lowest BCUT2D eigenvalue weighted by molar-refractivity contribution is 0.115. The number of aliphatic hydroxyl groups excluding tert-OH is 1. The van der Waals surface area contributed by atoms with E-state index in [1.807, 2.05) is 18.2 Å². The van der Waals surface area contributed by atoms with Crippen molar-refractivity contribution in [2.24, 2.45) is 0 Å². The zero-order chi connectivity index (χ0) is 19.0. The molecule has 7 heteroatoms. The molecule has 0 aliphatic carbocycles. The third-order valence-electron chi connectivity index (χ3n) is 4.56. The minimum Gasteiger partial charge on any atom is -0.497 e. The van der Waals surface area contributed by atoms with Gasteiger partial charge in [-0.15, -0.1) is 0 Å². The molecule has 0 fully saturated rings. The van der Waals surface area contributed by atoms with E-state index >= 15 is 0 Å². The highest BCUT2D eigenvalue weighted by molar-refractivity contribution is 7.93. The highest BCUT2D eigenvalue weighted by Gasteiger charge is 2.36. The van der Waals surface area contributed by atoms with E-state index in [-0.39, 0.29) is 18.0 Å². The zero-order valence-corrected chi connectivity index (χ0v) is 15.5. The van der Waals surface area contributed by atoms with Gasteiger partial charge in [-0.05, 0) is 41.8 Å². The Kier molecular flexibility index (Phi) is 4.41. The summed E-state index contributed by atoms with van der Waals surface area (Å²) < 4.78 is 37.7. The Balaban J connectivity index is 1.51. The number of aliphatic hydroxyl groups is 1. The predicted molar refractivity (Wildman–Crippen MR) is 103 cm³/mol. The molecule has 1 aliphatic rings. The molecule has 0 saturated heterocycles. The first-order valence-corrected chi connectivity index (χ1v) is 9.94. The number of β-amino-alcohol motifs (C(OH)–C–C–N with tert-alkyl or cyclic N) is 1. The molecule has 1 atom stereocenters. The van der Waals surface area contributed by atoms with Gasteiger partial charge in [0.1, 0.15) is 24.2 Å². The maximum atomic E-state index is 12.9. The number of hydrogen-bond donors (Lipinski definition) is 1. The number of hydrogen-bond acceptors (Lipinski definition) is 5. The van der Waals surface area contributed by atoms with Crippen LogP contribution in [0.2, 0.25) is 0 Å². The largest absolute Gasteiger partial charge is 0.497 e. The fourth-order valence-corrected chi connectivity index (χ4v) is 5.01. The van der Waals surface area contributed by atoms with Gasteiger partial charge in [-0.25, -0.2) is 8.42 Å². The number of methoxy groups -OCH3 is 1. The van der Waals surface area contributed by atoms with Crippen LogP contribution in [0.25, 0.3) is 10.8 Å². The van der Waals surface area contributed by atoms with Crippen LogP contribution in [-0.4, -0.2) is 39.9 Å². The van der Waals surface area contributed by atoms with Crippen molar-refractivity contribution in [3.63, 3.8) is 0 Å². The third-order valence-corrected chi connectivity index (χ3v) is 6.38. The van der Waals surface area contributed by atoms with Crippen molar-refractivity contribution in [2.45, 2.75) is 11.0 Å². The van der Waals surface area contributed by atoms with Gasteiger partial charge in [-0.1, -0.05) is 24.3 Å². The Bertz CT molecular complexity index is 1070. The normalized spacial score (nSPS) is 15.7. The van der Waals surface area contributed by atoms with Crippen molar-refractivity contribution >= 4 is 26.5 Å². The van der Waals surface area contributed by atoms with Gasteiger partial charge in [0, 0.05) is 5.39 Å². The summed E-state index contributed by atoms with van der Waals surface area (Å²) in [5.74, 6) is 1.28. The van der Waals surface area contributed by atoms with Crippen LogP contribution >= 0.6 is 0 Å². The van der Waals surface area contributed by atoms with E-state index < -0.39 is 16.1 Å². The Morgan fingerprint density at radius 1 is 1.00 bits per heavy atom. The van der Waals surface area contributed by atoms with Gasteiger partial charge in [-0.2, -0.15) is 0 Å². The summed E-state index contributed by atoms with van der Waals surface area (Å²) in [4.78, 5) is 0.277. The first-order chi connectivity index (χ1) is 13.0. The van der Waals surface area contributed by atoms with Gasteiger partial charge in [-0.3, -0.25) is 4.31 Å². The summed E-state index contributed by atoms with van der Waals surface area (Å²) in [7, 11) is -2.11. The molecular weight excluding hydrogens is 366 g/mol. The molecule has 1 aliphatic heterocycles. The van der Waals surface area contributed by atoms with Gasteiger partial charge < -0.3 is 14.6 Å². The Labute approximate surface area is 157 Å². The first-order valence-electron chi connectivity index (χ1n) is 8.50. The fourth-order valence-electron chi connectivity index (χ4n) is 3.26. The van der Waals surface area contributed by atoms with Crippen LogP contribution in [0.15, 0.2) is 65.6 Å². The predicted octanol–water partition coefficient (Wildman–Crippen LogP) is 2.80. The molecule has 0 bridgehead atoms. The highest BCUT2D eigenvalue weighted by Crippen LogP contribution is 2.41. The molecule has 3 aromatic carbocycles. The van der Waals surface area contributed by atoms with Crippen LogP contribution in [0.3, 0.4) is 0 Å². The number of anilines is 1. The Morgan fingerprint density at radius 2 is 1.67 bits per heavy atom. The minimum atomic E-state index is -3.68. The second-order valence-corrected chi connectivity index (χ2v) is 8.14. The second-order valence-electron chi connectivity index (χ2n) is 6.31. The maximum absolute atomic E-state index is 12.9. The number of rotatable bonds is 6. The summed E-state index contributed by atoms with van der Waals surface area (Å²) in [5.41, 5.74) is 0.589. The Morgan fingerprint density at radius 3 is 2.37 bits per heavy atom. The van der Waals surface area contributed by atoms with Gasteiger partial charge in [0.25, 0.3) is 10.0 Å². The summed E-state index contributed by atoms with van der Waals surface area (Å²) in [6.07, 6.45) is -0.980. The molecular formula is C20H19NO5S. The van der Waals surface area contributed by atoms with E-state index in [4.69, 9.17) is 9.47 Å². The molecule has 1 heterocycles. The molecule has 1 N–H and O–H groups in total. The minimum absolute atomic E-state index is 0.0231. The average molecular weight is 385 g/mol. The van der Waals surface area contributed by atoms with Gasteiger partial charge in [0.2, 0.25) is 0 Å². The van der Waals surface area contributed by atoms with Crippen molar-refractivity contribution in [2.75, 3.05) is 24.6 Å². The van der Waals surface area contributed by atoms with Crippen molar-refractivity contribution in [3.05, 3.63) is 60.7 Å². The van der Waals surface area contributed by atoms with Crippen LogP contribution in [0.5, 0.6) is 11.5 Å². The van der Waals surface area contributed by atoms with Gasteiger partial charge in [0.05, 0.1) is 24.2 Å². The molecule has 27 heavy (non-hydrogen) atoms. The quantitative estimate of drug-likeness (QED) is 0.706.